The molecule has 0 saturated carbocycles. The average molecular weight is 229 g/mol. The SMILES string of the molecule is Cc1n[nH]c2c1CN(S(=O)(=O)C(C)C)C2. The number of hydrogen-bond acceptors (Lipinski definition) is 3. The highest BCUT2D eigenvalue weighted by atomic mass is 32.2. The van der Waals surface area contributed by atoms with Crippen molar-refractivity contribution >= 4 is 10.0 Å². The molecule has 1 aromatic heterocycles. The van der Waals surface area contributed by atoms with Gasteiger partial charge in [0.15, 0.2) is 0 Å². The van der Waals surface area contributed by atoms with Crippen molar-refractivity contribution in [1.82, 2.24) is 14.5 Å². The molecule has 84 valence electrons. The molecule has 0 aliphatic carbocycles. The van der Waals surface area contributed by atoms with E-state index >= 15 is 0 Å². The Hall–Kier alpha value is -0.880. The van der Waals surface area contributed by atoms with Crippen molar-refractivity contribution < 1.29 is 8.42 Å². The first-order valence-electron chi connectivity index (χ1n) is 4.94. The van der Waals surface area contributed by atoms with E-state index in [9.17, 15) is 8.42 Å². The first kappa shape index (κ1) is 10.6. The van der Waals surface area contributed by atoms with Gasteiger partial charge in [-0.15, -0.1) is 0 Å². The molecule has 0 spiro atoms. The zero-order valence-corrected chi connectivity index (χ0v) is 9.93. The Labute approximate surface area is 89.5 Å². The lowest BCUT2D eigenvalue weighted by Crippen LogP contribution is -2.32. The number of aromatic amines is 1. The Kier molecular flexibility index (Phi) is 2.35. The summed E-state index contributed by atoms with van der Waals surface area (Å²) in [6, 6.07) is 0. The van der Waals surface area contributed by atoms with E-state index in [1.54, 1.807) is 13.8 Å². The van der Waals surface area contributed by atoms with E-state index in [0.717, 1.165) is 17.0 Å². The maximum absolute atomic E-state index is 11.9. The summed E-state index contributed by atoms with van der Waals surface area (Å²) in [7, 11) is -3.15. The van der Waals surface area contributed by atoms with E-state index in [4.69, 9.17) is 0 Å². The summed E-state index contributed by atoms with van der Waals surface area (Å²) in [5, 5.41) is 6.56. The smallest absolute Gasteiger partial charge is 0.217 e. The molecular formula is C9H15N3O2S. The van der Waals surface area contributed by atoms with Crippen LogP contribution in [0.2, 0.25) is 0 Å². The highest BCUT2D eigenvalue weighted by molar-refractivity contribution is 7.89. The van der Waals surface area contributed by atoms with Crippen LogP contribution in [-0.2, 0) is 23.1 Å². The van der Waals surface area contributed by atoms with Gasteiger partial charge in [-0.05, 0) is 20.8 Å². The van der Waals surface area contributed by atoms with Crippen molar-refractivity contribution in [3.63, 3.8) is 0 Å². The van der Waals surface area contributed by atoms with Gasteiger partial charge in [0, 0.05) is 12.1 Å². The summed E-state index contributed by atoms with van der Waals surface area (Å²) >= 11 is 0. The number of nitrogens with one attached hydrogen (secondary N) is 1. The molecule has 2 rings (SSSR count). The molecule has 1 aliphatic heterocycles. The molecule has 0 radical (unpaired) electrons. The fraction of sp³-hybridized carbons (Fsp3) is 0.667. The average Bonchev–Trinajstić information content (AvgIpc) is 2.68. The Balaban J connectivity index is 2.28. The summed E-state index contributed by atoms with van der Waals surface area (Å²) < 4.78 is 25.3. The maximum Gasteiger partial charge on any atom is 0.217 e. The van der Waals surface area contributed by atoms with Crippen molar-refractivity contribution in [2.24, 2.45) is 0 Å². The van der Waals surface area contributed by atoms with Crippen molar-refractivity contribution in [1.29, 1.82) is 0 Å². The van der Waals surface area contributed by atoms with E-state index in [1.807, 2.05) is 6.92 Å². The molecule has 0 saturated heterocycles. The van der Waals surface area contributed by atoms with Gasteiger partial charge in [-0.2, -0.15) is 9.40 Å². The van der Waals surface area contributed by atoms with E-state index in [0.29, 0.717) is 13.1 Å². The van der Waals surface area contributed by atoms with Gasteiger partial charge in [-0.25, -0.2) is 8.42 Å². The van der Waals surface area contributed by atoms with E-state index in [1.165, 1.54) is 4.31 Å². The number of sulfonamides is 1. The summed E-state index contributed by atoms with van der Waals surface area (Å²) in [6.45, 7) is 6.18. The van der Waals surface area contributed by atoms with E-state index < -0.39 is 10.0 Å². The lowest BCUT2D eigenvalue weighted by molar-refractivity contribution is 0.421. The molecule has 0 atom stereocenters. The predicted octanol–water partition coefficient (Wildman–Crippen LogP) is 0.772. The zero-order valence-electron chi connectivity index (χ0n) is 9.11. The van der Waals surface area contributed by atoms with Crippen LogP contribution in [0, 0.1) is 6.92 Å². The minimum atomic E-state index is -3.15. The predicted molar refractivity (Wildman–Crippen MR) is 56.6 cm³/mol. The van der Waals surface area contributed by atoms with Crippen molar-refractivity contribution in [3.05, 3.63) is 17.0 Å². The molecule has 0 aromatic carbocycles. The Morgan fingerprint density at radius 2 is 2.07 bits per heavy atom. The minimum absolute atomic E-state index is 0.366. The Morgan fingerprint density at radius 3 is 2.60 bits per heavy atom. The van der Waals surface area contributed by atoms with Crippen LogP contribution >= 0.6 is 0 Å². The van der Waals surface area contributed by atoms with Crippen LogP contribution in [0.4, 0.5) is 0 Å². The lowest BCUT2D eigenvalue weighted by Gasteiger charge is -2.18. The second kappa shape index (κ2) is 3.31. The van der Waals surface area contributed by atoms with Crippen LogP contribution in [0.1, 0.15) is 30.8 Å². The van der Waals surface area contributed by atoms with Gasteiger partial charge in [0.05, 0.1) is 23.2 Å². The van der Waals surface area contributed by atoms with Crippen LogP contribution in [0.3, 0.4) is 0 Å². The topological polar surface area (TPSA) is 66.1 Å². The molecule has 0 amide bonds. The summed E-state index contributed by atoms with van der Waals surface area (Å²) in [4.78, 5) is 0. The number of hydrogen-bond donors (Lipinski definition) is 1. The summed E-state index contributed by atoms with van der Waals surface area (Å²) in [5.74, 6) is 0. The molecule has 1 N–H and O–H groups in total. The number of nitrogens with zero attached hydrogens (tertiary/aromatic N) is 2. The number of aryl methyl sites for hydroxylation is 1. The Bertz CT molecular complexity index is 476. The molecule has 1 aromatic rings. The number of fused-ring (bicyclic) bond motifs is 1. The van der Waals surface area contributed by atoms with Crippen LogP contribution in [0.5, 0.6) is 0 Å². The van der Waals surface area contributed by atoms with Gasteiger partial charge in [-0.1, -0.05) is 0 Å². The van der Waals surface area contributed by atoms with E-state index in [-0.39, 0.29) is 5.25 Å². The van der Waals surface area contributed by atoms with Gasteiger partial charge in [-0.3, -0.25) is 5.10 Å². The summed E-state index contributed by atoms with van der Waals surface area (Å²) in [6.07, 6.45) is 0. The van der Waals surface area contributed by atoms with Crippen molar-refractivity contribution in [2.45, 2.75) is 39.1 Å². The molecular weight excluding hydrogens is 214 g/mol. The van der Waals surface area contributed by atoms with Crippen molar-refractivity contribution in [3.8, 4) is 0 Å². The first-order chi connectivity index (χ1) is 6.93. The third-order valence-corrected chi connectivity index (χ3v) is 4.95. The highest BCUT2D eigenvalue weighted by Crippen LogP contribution is 2.27. The fourth-order valence-electron chi connectivity index (χ4n) is 1.73. The van der Waals surface area contributed by atoms with Gasteiger partial charge >= 0.3 is 0 Å². The molecule has 2 heterocycles. The quantitative estimate of drug-likeness (QED) is 0.814. The van der Waals surface area contributed by atoms with Gasteiger partial charge in [0.2, 0.25) is 10.0 Å². The van der Waals surface area contributed by atoms with Gasteiger partial charge in [0.25, 0.3) is 0 Å². The highest BCUT2D eigenvalue weighted by Gasteiger charge is 2.33. The van der Waals surface area contributed by atoms with Crippen LogP contribution in [0.15, 0.2) is 0 Å². The Morgan fingerprint density at radius 1 is 1.40 bits per heavy atom. The number of aromatic nitrogens is 2. The van der Waals surface area contributed by atoms with Gasteiger partial charge < -0.3 is 0 Å². The standard InChI is InChI=1S/C9H15N3O2S/c1-6(2)15(13,14)12-4-8-7(3)10-11-9(8)5-12/h6H,4-5H2,1-3H3,(H,10,11). The van der Waals surface area contributed by atoms with Gasteiger partial charge in [0.1, 0.15) is 0 Å². The molecule has 15 heavy (non-hydrogen) atoms. The third-order valence-electron chi connectivity index (χ3n) is 2.78. The number of H-pyrrole nitrogens is 1. The lowest BCUT2D eigenvalue weighted by atomic mass is 10.2. The third kappa shape index (κ3) is 1.57. The van der Waals surface area contributed by atoms with Crippen LogP contribution in [0.25, 0.3) is 0 Å². The van der Waals surface area contributed by atoms with Crippen molar-refractivity contribution in [2.75, 3.05) is 0 Å². The molecule has 6 heteroatoms. The van der Waals surface area contributed by atoms with Crippen LogP contribution in [-0.4, -0.2) is 28.2 Å². The first-order valence-corrected chi connectivity index (χ1v) is 6.45. The van der Waals surface area contributed by atoms with E-state index in [2.05, 4.69) is 10.2 Å². The number of rotatable bonds is 2. The second-order valence-electron chi connectivity index (χ2n) is 4.13. The molecule has 0 bridgehead atoms. The molecule has 1 aliphatic rings. The monoisotopic (exact) mass is 229 g/mol. The zero-order chi connectivity index (χ0) is 11.2. The van der Waals surface area contributed by atoms with Crippen LogP contribution < -0.4 is 0 Å². The molecule has 0 fully saturated rings. The normalized spacial score (nSPS) is 17.3. The fourth-order valence-corrected chi connectivity index (χ4v) is 2.95. The molecule has 0 unspecified atom stereocenters. The largest absolute Gasteiger partial charge is 0.281 e. The minimum Gasteiger partial charge on any atom is -0.281 e. The maximum atomic E-state index is 11.9. The second-order valence-corrected chi connectivity index (χ2v) is 6.62. The summed E-state index contributed by atoms with van der Waals surface area (Å²) in [5.41, 5.74) is 2.85. The molecule has 5 nitrogen and oxygen atoms in total.